The highest BCUT2D eigenvalue weighted by atomic mass is 16.6. The molecule has 7 heteroatoms. The van der Waals surface area contributed by atoms with Gasteiger partial charge in [0.1, 0.15) is 11.2 Å². The van der Waals surface area contributed by atoms with Crippen molar-refractivity contribution in [1.82, 2.24) is 9.47 Å². The zero-order valence-corrected chi connectivity index (χ0v) is 14.6. The van der Waals surface area contributed by atoms with Gasteiger partial charge in [0.2, 0.25) is 0 Å². The molecule has 132 valence electrons. The van der Waals surface area contributed by atoms with Crippen molar-refractivity contribution in [2.45, 2.75) is 45.3 Å². The van der Waals surface area contributed by atoms with Crippen molar-refractivity contribution in [3.63, 3.8) is 0 Å². The summed E-state index contributed by atoms with van der Waals surface area (Å²) in [6.45, 7) is 6.42. The van der Waals surface area contributed by atoms with Crippen LogP contribution in [-0.2, 0) is 9.47 Å². The fourth-order valence-corrected chi connectivity index (χ4v) is 2.74. The van der Waals surface area contributed by atoms with Gasteiger partial charge in [0.15, 0.2) is 0 Å². The molecule has 0 saturated carbocycles. The quantitative estimate of drug-likeness (QED) is 0.774. The largest absolute Gasteiger partial charge is 0.465 e. The molecule has 7 nitrogen and oxygen atoms in total. The van der Waals surface area contributed by atoms with Crippen LogP contribution in [-0.4, -0.2) is 47.3 Å². The molecule has 1 unspecified atom stereocenters. The number of hydrogen-bond donors (Lipinski definition) is 0. The Balaban J connectivity index is 2.20. The van der Waals surface area contributed by atoms with Gasteiger partial charge in [-0.2, -0.15) is 0 Å². The van der Waals surface area contributed by atoms with Gasteiger partial charge >= 0.3 is 12.1 Å². The molecule has 1 fully saturated rings. The number of esters is 1. The van der Waals surface area contributed by atoms with E-state index in [2.05, 4.69) is 4.74 Å². The number of carbonyl (C=O) groups is 2. The fraction of sp³-hybridized carbons (Fsp3) is 0.588. The molecule has 0 bridgehead atoms. The van der Waals surface area contributed by atoms with E-state index in [-0.39, 0.29) is 17.7 Å². The minimum absolute atomic E-state index is 0.00519. The highest BCUT2D eigenvalue weighted by Crippen LogP contribution is 2.22. The van der Waals surface area contributed by atoms with Crippen molar-refractivity contribution in [3.8, 4) is 0 Å². The summed E-state index contributed by atoms with van der Waals surface area (Å²) >= 11 is 0. The van der Waals surface area contributed by atoms with Crippen molar-refractivity contribution in [1.29, 1.82) is 0 Å². The smallest absolute Gasteiger partial charge is 0.410 e. The van der Waals surface area contributed by atoms with E-state index in [1.165, 1.54) is 17.7 Å². The van der Waals surface area contributed by atoms with Gasteiger partial charge in [0.25, 0.3) is 5.56 Å². The van der Waals surface area contributed by atoms with E-state index >= 15 is 0 Å². The third-order valence-corrected chi connectivity index (χ3v) is 3.82. The lowest BCUT2D eigenvalue weighted by atomic mass is 10.1. The predicted molar refractivity (Wildman–Crippen MR) is 88.1 cm³/mol. The van der Waals surface area contributed by atoms with Crippen LogP contribution in [0.3, 0.4) is 0 Å². The van der Waals surface area contributed by atoms with E-state index in [9.17, 15) is 14.4 Å². The Morgan fingerprint density at radius 2 is 2.00 bits per heavy atom. The van der Waals surface area contributed by atoms with Crippen molar-refractivity contribution < 1.29 is 19.1 Å². The fourth-order valence-electron chi connectivity index (χ4n) is 2.74. The van der Waals surface area contributed by atoms with Crippen molar-refractivity contribution in [2.75, 3.05) is 20.2 Å². The summed E-state index contributed by atoms with van der Waals surface area (Å²) < 4.78 is 11.5. The summed E-state index contributed by atoms with van der Waals surface area (Å²) in [4.78, 5) is 38.0. The van der Waals surface area contributed by atoms with E-state index < -0.39 is 17.1 Å². The van der Waals surface area contributed by atoms with E-state index in [4.69, 9.17) is 4.74 Å². The Kier molecular flexibility index (Phi) is 5.31. The Morgan fingerprint density at radius 1 is 1.29 bits per heavy atom. The van der Waals surface area contributed by atoms with Crippen LogP contribution in [0.4, 0.5) is 4.79 Å². The number of nitrogens with zero attached hydrogens (tertiary/aromatic N) is 2. The van der Waals surface area contributed by atoms with Gasteiger partial charge in [0.05, 0.1) is 13.2 Å². The number of amides is 1. The molecule has 0 aliphatic carbocycles. The number of rotatable bonds is 2. The van der Waals surface area contributed by atoms with Crippen LogP contribution in [0, 0.1) is 0 Å². The summed E-state index contributed by atoms with van der Waals surface area (Å²) in [6.07, 6.45) is 2.77. The zero-order chi connectivity index (χ0) is 17.9. The van der Waals surface area contributed by atoms with Crippen LogP contribution in [0.15, 0.2) is 23.1 Å². The van der Waals surface area contributed by atoms with Gasteiger partial charge in [-0.05, 0) is 45.7 Å². The lowest BCUT2D eigenvalue weighted by Gasteiger charge is -2.34. The van der Waals surface area contributed by atoms with Gasteiger partial charge < -0.3 is 18.9 Å². The zero-order valence-electron chi connectivity index (χ0n) is 14.6. The summed E-state index contributed by atoms with van der Waals surface area (Å²) in [5.74, 6) is -0.658. The molecule has 1 atom stereocenters. The minimum atomic E-state index is -0.658. The average Bonchev–Trinajstić information content (AvgIpc) is 2.53. The lowest BCUT2D eigenvalue weighted by molar-refractivity contribution is 0.0170. The maximum atomic E-state index is 12.5. The first-order valence-electron chi connectivity index (χ1n) is 8.00. The average molecular weight is 336 g/mol. The molecule has 24 heavy (non-hydrogen) atoms. The Labute approximate surface area is 141 Å². The normalized spacial score (nSPS) is 18.2. The molecule has 2 heterocycles. The summed E-state index contributed by atoms with van der Waals surface area (Å²) in [5, 5.41) is 0. The molecule has 1 amide bonds. The molecule has 2 rings (SSSR count). The number of aromatic nitrogens is 1. The first-order valence-corrected chi connectivity index (χ1v) is 8.00. The highest BCUT2D eigenvalue weighted by Gasteiger charge is 2.29. The number of carbonyl (C=O) groups excluding carboxylic acids is 2. The van der Waals surface area contributed by atoms with Gasteiger partial charge in [-0.1, -0.05) is 0 Å². The summed E-state index contributed by atoms with van der Waals surface area (Å²) in [6, 6.07) is 2.89. The third-order valence-electron chi connectivity index (χ3n) is 3.82. The second kappa shape index (κ2) is 7.07. The maximum absolute atomic E-state index is 12.5. The minimum Gasteiger partial charge on any atom is -0.465 e. The van der Waals surface area contributed by atoms with E-state index in [1.807, 2.05) is 20.8 Å². The van der Waals surface area contributed by atoms with E-state index in [0.29, 0.717) is 13.1 Å². The van der Waals surface area contributed by atoms with Crippen molar-refractivity contribution in [3.05, 3.63) is 34.2 Å². The SMILES string of the molecule is COC(=O)c1cccn(C2CCCN(C(=O)OC(C)(C)C)C2)c1=O. The molecule has 0 radical (unpaired) electrons. The molecule has 1 aromatic heterocycles. The number of ether oxygens (including phenoxy) is 2. The molecule has 0 spiro atoms. The van der Waals surface area contributed by atoms with Gasteiger partial charge in [0, 0.05) is 19.3 Å². The van der Waals surface area contributed by atoms with E-state index in [1.54, 1.807) is 17.2 Å². The first kappa shape index (κ1) is 18.0. The summed E-state index contributed by atoms with van der Waals surface area (Å²) in [5.41, 5.74) is -0.971. The van der Waals surface area contributed by atoms with Crippen LogP contribution >= 0.6 is 0 Å². The molecule has 0 N–H and O–H groups in total. The van der Waals surface area contributed by atoms with Crippen LogP contribution in [0.5, 0.6) is 0 Å². The van der Waals surface area contributed by atoms with Crippen molar-refractivity contribution in [2.24, 2.45) is 0 Å². The first-order chi connectivity index (χ1) is 11.2. The molecular formula is C17H24N2O5. The maximum Gasteiger partial charge on any atom is 0.410 e. The highest BCUT2D eigenvalue weighted by molar-refractivity contribution is 5.88. The Hall–Kier alpha value is -2.31. The Morgan fingerprint density at radius 3 is 2.62 bits per heavy atom. The lowest BCUT2D eigenvalue weighted by Crippen LogP contribution is -2.45. The van der Waals surface area contributed by atoms with Gasteiger partial charge in [-0.15, -0.1) is 0 Å². The molecule has 0 aromatic carbocycles. The topological polar surface area (TPSA) is 77.8 Å². The number of piperidine rings is 1. The molecule has 1 aliphatic heterocycles. The van der Waals surface area contributed by atoms with Crippen LogP contribution < -0.4 is 5.56 Å². The standard InChI is InChI=1S/C17H24N2O5/c1-17(2,3)24-16(22)18-9-5-7-12(11-18)19-10-6-8-13(14(19)20)15(21)23-4/h6,8,10,12H,5,7,9,11H2,1-4H3. The number of methoxy groups -OCH3 is 1. The number of likely N-dealkylation sites (tertiary alicyclic amines) is 1. The third kappa shape index (κ3) is 4.15. The summed E-state index contributed by atoms with van der Waals surface area (Å²) in [7, 11) is 1.24. The van der Waals surface area contributed by atoms with Crippen LogP contribution in [0.25, 0.3) is 0 Å². The second-order valence-corrected chi connectivity index (χ2v) is 6.85. The van der Waals surface area contributed by atoms with Gasteiger partial charge in [-0.3, -0.25) is 4.79 Å². The molecule has 1 aromatic rings. The number of hydrogen-bond acceptors (Lipinski definition) is 5. The van der Waals surface area contributed by atoms with Crippen LogP contribution in [0.2, 0.25) is 0 Å². The Bertz CT molecular complexity index is 674. The van der Waals surface area contributed by atoms with E-state index in [0.717, 1.165) is 12.8 Å². The molecule has 1 aliphatic rings. The number of pyridine rings is 1. The monoisotopic (exact) mass is 336 g/mol. The molecule has 1 saturated heterocycles. The molecular weight excluding hydrogens is 312 g/mol. The second-order valence-electron chi connectivity index (χ2n) is 6.85. The van der Waals surface area contributed by atoms with Crippen molar-refractivity contribution >= 4 is 12.1 Å². The van der Waals surface area contributed by atoms with Gasteiger partial charge in [-0.25, -0.2) is 9.59 Å². The van der Waals surface area contributed by atoms with Crippen LogP contribution in [0.1, 0.15) is 50.0 Å². The predicted octanol–water partition coefficient (Wildman–Crippen LogP) is 2.21.